The van der Waals surface area contributed by atoms with Crippen molar-refractivity contribution >= 4 is 29.0 Å². The minimum atomic E-state index is -0.312. The molecular weight excluding hydrogens is 256 g/mol. The van der Waals surface area contributed by atoms with E-state index in [1.807, 2.05) is 42.7 Å². The first-order valence-electron chi connectivity index (χ1n) is 6.08. The molecule has 4 heteroatoms. The largest absolute Gasteiger partial charge is 0.370 e. The summed E-state index contributed by atoms with van der Waals surface area (Å²) in [5, 5.41) is 6.19. The molecule has 0 saturated heterocycles. The normalized spacial score (nSPS) is 16.9. The number of carbonyl (C=O) groups is 1. The lowest BCUT2D eigenvalue weighted by Crippen LogP contribution is -2.19. The smallest absolute Gasteiger partial charge is 0.251 e. The number of thioether (sulfide) groups is 1. The highest BCUT2D eigenvalue weighted by molar-refractivity contribution is 7.98. The maximum absolute atomic E-state index is 12.0. The molecule has 2 N–H and O–H groups in total. The number of benzene rings is 2. The van der Waals surface area contributed by atoms with Crippen LogP contribution in [-0.2, 0) is 4.79 Å². The predicted molar refractivity (Wildman–Crippen MR) is 79.7 cm³/mol. The average Bonchev–Trinajstić information content (AvgIpc) is 2.76. The summed E-state index contributed by atoms with van der Waals surface area (Å²) in [5.41, 5.74) is 2.86. The Balaban J connectivity index is 1.89. The molecule has 1 amide bonds. The summed E-state index contributed by atoms with van der Waals surface area (Å²) < 4.78 is 0. The van der Waals surface area contributed by atoms with Crippen LogP contribution in [0.25, 0.3) is 0 Å². The minimum Gasteiger partial charge on any atom is -0.370 e. The Morgan fingerprint density at radius 1 is 1.16 bits per heavy atom. The first kappa shape index (κ1) is 12.1. The van der Waals surface area contributed by atoms with Gasteiger partial charge >= 0.3 is 0 Å². The van der Waals surface area contributed by atoms with Crippen molar-refractivity contribution in [3.8, 4) is 0 Å². The van der Waals surface area contributed by atoms with Gasteiger partial charge in [0.25, 0.3) is 5.91 Å². The number of hydrogen-bond acceptors (Lipinski definition) is 3. The number of anilines is 2. The molecule has 0 aromatic heterocycles. The van der Waals surface area contributed by atoms with E-state index in [1.165, 1.54) is 4.90 Å². The molecule has 96 valence electrons. The van der Waals surface area contributed by atoms with Gasteiger partial charge in [0.15, 0.2) is 0 Å². The van der Waals surface area contributed by atoms with Gasteiger partial charge in [-0.15, -0.1) is 11.8 Å². The van der Waals surface area contributed by atoms with Crippen LogP contribution < -0.4 is 10.6 Å². The van der Waals surface area contributed by atoms with Crippen LogP contribution in [0.5, 0.6) is 0 Å². The van der Waals surface area contributed by atoms with E-state index in [1.54, 1.807) is 11.8 Å². The monoisotopic (exact) mass is 270 g/mol. The van der Waals surface area contributed by atoms with Crippen molar-refractivity contribution in [1.29, 1.82) is 0 Å². The Hall–Kier alpha value is -1.94. The summed E-state index contributed by atoms with van der Waals surface area (Å²) >= 11 is 1.69. The lowest BCUT2D eigenvalue weighted by molar-refractivity contribution is -0.116. The van der Waals surface area contributed by atoms with Gasteiger partial charge in [-0.3, -0.25) is 4.79 Å². The summed E-state index contributed by atoms with van der Waals surface area (Å²) in [6, 6.07) is 15.5. The van der Waals surface area contributed by atoms with Gasteiger partial charge in [-0.2, -0.15) is 0 Å². The third-order valence-corrected chi connectivity index (χ3v) is 3.90. The molecule has 3 nitrogen and oxygen atoms in total. The Labute approximate surface area is 116 Å². The van der Waals surface area contributed by atoms with Crippen molar-refractivity contribution in [3.05, 3.63) is 54.1 Å². The van der Waals surface area contributed by atoms with E-state index < -0.39 is 0 Å². The highest BCUT2D eigenvalue weighted by Crippen LogP contribution is 2.33. The standard InChI is InChI=1S/C15H14N2OS/c1-19-11-6-4-5-10(9-11)16-14-12-7-2-3-8-13(12)17-15(14)18/h2-9,14,16H,1H3,(H,17,18). The van der Waals surface area contributed by atoms with Crippen LogP contribution in [0.15, 0.2) is 53.4 Å². The third kappa shape index (κ3) is 2.31. The first-order valence-corrected chi connectivity index (χ1v) is 7.31. The average molecular weight is 270 g/mol. The van der Waals surface area contributed by atoms with Crippen LogP contribution in [0, 0.1) is 0 Å². The summed E-state index contributed by atoms with van der Waals surface area (Å²) in [7, 11) is 0. The molecule has 2 aromatic rings. The van der Waals surface area contributed by atoms with Gasteiger partial charge in [0.05, 0.1) is 0 Å². The second kappa shape index (κ2) is 4.97. The van der Waals surface area contributed by atoms with Crippen molar-refractivity contribution in [1.82, 2.24) is 0 Å². The Morgan fingerprint density at radius 2 is 2.00 bits per heavy atom. The number of amides is 1. The van der Waals surface area contributed by atoms with E-state index in [9.17, 15) is 4.79 Å². The fourth-order valence-electron chi connectivity index (χ4n) is 2.23. The molecular formula is C15H14N2OS. The van der Waals surface area contributed by atoms with Crippen molar-refractivity contribution in [2.75, 3.05) is 16.9 Å². The summed E-state index contributed by atoms with van der Waals surface area (Å²) in [4.78, 5) is 13.2. The van der Waals surface area contributed by atoms with Crippen molar-refractivity contribution in [2.45, 2.75) is 10.9 Å². The molecule has 0 fully saturated rings. The van der Waals surface area contributed by atoms with E-state index in [0.717, 1.165) is 16.9 Å². The van der Waals surface area contributed by atoms with Crippen LogP contribution in [-0.4, -0.2) is 12.2 Å². The van der Waals surface area contributed by atoms with Crippen molar-refractivity contribution < 1.29 is 4.79 Å². The van der Waals surface area contributed by atoms with Gasteiger partial charge in [-0.05, 0) is 30.5 Å². The molecule has 19 heavy (non-hydrogen) atoms. The molecule has 1 aliphatic heterocycles. The Kier molecular flexibility index (Phi) is 3.17. The van der Waals surface area contributed by atoms with Gasteiger partial charge in [0.2, 0.25) is 0 Å². The highest BCUT2D eigenvalue weighted by atomic mass is 32.2. The molecule has 2 aromatic carbocycles. The Bertz CT molecular complexity index is 627. The van der Waals surface area contributed by atoms with Crippen LogP contribution in [0.2, 0.25) is 0 Å². The summed E-state index contributed by atoms with van der Waals surface area (Å²) in [5.74, 6) is -0.00393. The molecule has 1 atom stereocenters. The van der Waals surface area contributed by atoms with Gasteiger partial charge in [-0.1, -0.05) is 24.3 Å². The highest BCUT2D eigenvalue weighted by Gasteiger charge is 2.29. The predicted octanol–water partition coefficient (Wildman–Crippen LogP) is 3.51. The van der Waals surface area contributed by atoms with Crippen LogP contribution in [0.1, 0.15) is 11.6 Å². The lowest BCUT2D eigenvalue weighted by Gasteiger charge is -2.13. The number of hydrogen-bond donors (Lipinski definition) is 2. The van der Waals surface area contributed by atoms with Gasteiger partial charge in [0, 0.05) is 21.8 Å². The molecule has 3 rings (SSSR count). The fourth-order valence-corrected chi connectivity index (χ4v) is 2.69. The summed E-state index contributed by atoms with van der Waals surface area (Å²) in [6.07, 6.45) is 2.04. The van der Waals surface area contributed by atoms with Gasteiger partial charge in [0.1, 0.15) is 6.04 Å². The quantitative estimate of drug-likeness (QED) is 0.839. The topological polar surface area (TPSA) is 41.1 Å². The van der Waals surface area contributed by atoms with E-state index in [4.69, 9.17) is 0 Å². The molecule has 0 spiro atoms. The van der Waals surface area contributed by atoms with Gasteiger partial charge < -0.3 is 10.6 Å². The molecule has 0 bridgehead atoms. The SMILES string of the molecule is CSc1cccc(NC2C(=O)Nc3ccccc32)c1. The van der Waals surface area contributed by atoms with Gasteiger partial charge in [-0.25, -0.2) is 0 Å². The van der Waals surface area contributed by atoms with Crippen molar-refractivity contribution in [3.63, 3.8) is 0 Å². The van der Waals surface area contributed by atoms with Crippen LogP contribution in [0.4, 0.5) is 11.4 Å². The maximum atomic E-state index is 12.0. The van der Waals surface area contributed by atoms with E-state index in [-0.39, 0.29) is 11.9 Å². The minimum absolute atomic E-state index is 0.00393. The molecule has 0 radical (unpaired) electrons. The maximum Gasteiger partial charge on any atom is 0.251 e. The second-order valence-corrected chi connectivity index (χ2v) is 5.27. The zero-order valence-electron chi connectivity index (χ0n) is 10.5. The molecule has 1 heterocycles. The molecule has 0 saturated carbocycles. The zero-order chi connectivity index (χ0) is 13.2. The molecule has 0 aliphatic carbocycles. The molecule has 1 unspecified atom stereocenters. The molecule has 1 aliphatic rings. The first-order chi connectivity index (χ1) is 9.28. The number of nitrogens with one attached hydrogen (secondary N) is 2. The lowest BCUT2D eigenvalue weighted by atomic mass is 10.1. The summed E-state index contributed by atoms with van der Waals surface area (Å²) in [6.45, 7) is 0. The number of rotatable bonds is 3. The van der Waals surface area contributed by atoms with E-state index in [2.05, 4.69) is 22.8 Å². The Morgan fingerprint density at radius 3 is 2.84 bits per heavy atom. The number of fused-ring (bicyclic) bond motifs is 1. The number of para-hydroxylation sites is 1. The second-order valence-electron chi connectivity index (χ2n) is 4.39. The fraction of sp³-hybridized carbons (Fsp3) is 0.133. The van der Waals surface area contributed by atoms with Crippen molar-refractivity contribution in [2.24, 2.45) is 0 Å². The van der Waals surface area contributed by atoms with Crippen LogP contribution >= 0.6 is 11.8 Å². The van der Waals surface area contributed by atoms with E-state index >= 15 is 0 Å². The third-order valence-electron chi connectivity index (χ3n) is 3.17. The zero-order valence-corrected chi connectivity index (χ0v) is 11.3. The van der Waals surface area contributed by atoms with E-state index in [0.29, 0.717) is 0 Å². The van der Waals surface area contributed by atoms with Crippen LogP contribution in [0.3, 0.4) is 0 Å². The number of carbonyl (C=O) groups excluding carboxylic acids is 1.